The highest BCUT2D eigenvalue weighted by Gasteiger charge is 2.28. The number of sulfonamides is 1. The van der Waals surface area contributed by atoms with Gasteiger partial charge in [0.05, 0.1) is 11.0 Å². The Morgan fingerprint density at radius 1 is 0.960 bits per heavy atom. The quantitative estimate of drug-likeness (QED) is 0.775. The average Bonchev–Trinajstić information content (AvgIpc) is 2.58. The normalized spacial score (nSPS) is 12.1. The zero-order chi connectivity index (χ0) is 18.5. The molecule has 0 unspecified atom stereocenters. The fraction of sp³-hybridized carbons (Fsp3) is 0.350. The molecule has 0 bridgehead atoms. The van der Waals surface area contributed by atoms with Crippen LogP contribution in [0.25, 0.3) is 11.1 Å². The third-order valence-corrected chi connectivity index (χ3v) is 5.58. The zero-order valence-electron chi connectivity index (χ0n) is 14.9. The predicted octanol–water partition coefficient (Wildman–Crippen LogP) is 4.30. The summed E-state index contributed by atoms with van der Waals surface area (Å²) in [4.78, 5) is 0.259. The second-order valence-corrected chi connectivity index (χ2v) is 9.14. The standard InChI is InChI=1S/C20H24N2O2S/c1-20(2,3)16-22(15-7-14-21)25(23,24)19-12-10-18(11-13-19)17-8-5-4-6-9-17/h4-6,8-13H,7,15-16H2,1-3H3. The van der Waals surface area contributed by atoms with Crippen LogP contribution < -0.4 is 0 Å². The van der Waals surface area contributed by atoms with Crippen LogP contribution in [0.3, 0.4) is 0 Å². The van der Waals surface area contributed by atoms with Gasteiger partial charge in [0, 0.05) is 19.5 Å². The van der Waals surface area contributed by atoms with E-state index in [-0.39, 0.29) is 23.3 Å². The van der Waals surface area contributed by atoms with Gasteiger partial charge in [-0.1, -0.05) is 63.2 Å². The van der Waals surface area contributed by atoms with Gasteiger partial charge in [-0.3, -0.25) is 0 Å². The lowest BCUT2D eigenvalue weighted by molar-refractivity contribution is 0.285. The van der Waals surface area contributed by atoms with E-state index >= 15 is 0 Å². The van der Waals surface area contributed by atoms with Crippen molar-refractivity contribution >= 4 is 10.0 Å². The smallest absolute Gasteiger partial charge is 0.207 e. The van der Waals surface area contributed by atoms with Gasteiger partial charge in [0.1, 0.15) is 0 Å². The Hall–Kier alpha value is -2.16. The van der Waals surface area contributed by atoms with Gasteiger partial charge in [0.25, 0.3) is 0 Å². The second kappa shape index (κ2) is 7.81. The van der Waals surface area contributed by atoms with Crippen LogP contribution in [0.4, 0.5) is 0 Å². The van der Waals surface area contributed by atoms with Crippen molar-refractivity contribution in [2.75, 3.05) is 13.1 Å². The second-order valence-electron chi connectivity index (χ2n) is 7.20. The average molecular weight is 356 g/mol. The highest BCUT2D eigenvalue weighted by Crippen LogP contribution is 2.25. The van der Waals surface area contributed by atoms with Gasteiger partial charge in [-0.15, -0.1) is 0 Å². The third-order valence-electron chi connectivity index (χ3n) is 3.72. The summed E-state index contributed by atoms with van der Waals surface area (Å²) >= 11 is 0. The molecule has 2 aromatic carbocycles. The summed E-state index contributed by atoms with van der Waals surface area (Å²) in [7, 11) is -3.62. The molecule has 0 N–H and O–H groups in total. The van der Waals surface area contributed by atoms with E-state index in [4.69, 9.17) is 5.26 Å². The lowest BCUT2D eigenvalue weighted by Gasteiger charge is -2.28. The van der Waals surface area contributed by atoms with Crippen molar-refractivity contribution < 1.29 is 8.42 Å². The van der Waals surface area contributed by atoms with Gasteiger partial charge < -0.3 is 0 Å². The molecule has 0 aliphatic rings. The molecule has 0 amide bonds. The molecular weight excluding hydrogens is 332 g/mol. The van der Waals surface area contributed by atoms with Crippen molar-refractivity contribution in [3.05, 3.63) is 54.6 Å². The Morgan fingerprint density at radius 3 is 2.04 bits per heavy atom. The molecule has 0 radical (unpaired) electrons. The van der Waals surface area contributed by atoms with E-state index in [0.29, 0.717) is 6.54 Å². The number of hydrogen-bond acceptors (Lipinski definition) is 3. The van der Waals surface area contributed by atoms with E-state index in [1.54, 1.807) is 12.1 Å². The van der Waals surface area contributed by atoms with Crippen molar-refractivity contribution in [1.29, 1.82) is 5.26 Å². The van der Waals surface area contributed by atoms with Gasteiger partial charge in [0.15, 0.2) is 0 Å². The first-order valence-electron chi connectivity index (χ1n) is 8.27. The van der Waals surface area contributed by atoms with E-state index in [0.717, 1.165) is 11.1 Å². The minimum absolute atomic E-state index is 0.178. The summed E-state index contributed by atoms with van der Waals surface area (Å²) in [6.45, 7) is 6.54. The SMILES string of the molecule is CC(C)(C)CN(CCC#N)S(=O)(=O)c1ccc(-c2ccccc2)cc1. The van der Waals surface area contributed by atoms with Crippen molar-refractivity contribution in [3.8, 4) is 17.2 Å². The van der Waals surface area contributed by atoms with Crippen LogP contribution in [0.15, 0.2) is 59.5 Å². The molecule has 0 atom stereocenters. The van der Waals surface area contributed by atoms with E-state index < -0.39 is 10.0 Å². The van der Waals surface area contributed by atoms with Gasteiger partial charge in [-0.25, -0.2) is 8.42 Å². The van der Waals surface area contributed by atoms with Crippen LogP contribution in [0.2, 0.25) is 0 Å². The molecular formula is C20H24N2O2S. The van der Waals surface area contributed by atoms with Crippen molar-refractivity contribution in [2.45, 2.75) is 32.1 Å². The molecule has 132 valence electrons. The Labute approximate surface area is 150 Å². The molecule has 0 saturated carbocycles. The van der Waals surface area contributed by atoms with Crippen LogP contribution in [-0.4, -0.2) is 25.8 Å². The number of nitrogens with zero attached hydrogens (tertiary/aromatic N) is 2. The first-order valence-corrected chi connectivity index (χ1v) is 9.71. The first-order chi connectivity index (χ1) is 11.7. The Balaban J connectivity index is 2.31. The number of rotatable bonds is 6. The largest absolute Gasteiger partial charge is 0.243 e. The molecule has 0 heterocycles. The highest BCUT2D eigenvalue weighted by atomic mass is 32.2. The number of hydrogen-bond donors (Lipinski definition) is 0. The van der Waals surface area contributed by atoms with Gasteiger partial charge in [-0.05, 0) is 28.7 Å². The fourth-order valence-corrected chi connectivity index (χ4v) is 4.25. The summed E-state index contributed by atoms with van der Waals surface area (Å²) in [5.41, 5.74) is 1.83. The van der Waals surface area contributed by atoms with E-state index in [2.05, 4.69) is 0 Å². The first kappa shape index (κ1) is 19.2. The van der Waals surface area contributed by atoms with Crippen LogP contribution in [0.1, 0.15) is 27.2 Å². The summed E-state index contributed by atoms with van der Waals surface area (Å²) in [6, 6.07) is 18.8. The van der Waals surface area contributed by atoms with Crippen molar-refractivity contribution in [2.24, 2.45) is 5.41 Å². The van der Waals surface area contributed by atoms with Crippen LogP contribution in [0.5, 0.6) is 0 Å². The third kappa shape index (κ3) is 5.15. The molecule has 0 aromatic heterocycles. The van der Waals surface area contributed by atoms with E-state index in [1.807, 2.05) is 69.3 Å². The molecule has 5 heteroatoms. The molecule has 2 aromatic rings. The minimum Gasteiger partial charge on any atom is -0.207 e. The molecule has 0 aliphatic heterocycles. The highest BCUT2D eigenvalue weighted by molar-refractivity contribution is 7.89. The fourth-order valence-electron chi connectivity index (χ4n) is 2.59. The Bertz CT molecular complexity index is 830. The molecule has 25 heavy (non-hydrogen) atoms. The Kier molecular flexibility index (Phi) is 5.99. The van der Waals surface area contributed by atoms with Crippen molar-refractivity contribution in [3.63, 3.8) is 0 Å². The zero-order valence-corrected chi connectivity index (χ0v) is 15.8. The molecule has 0 aliphatic carbocycles. The lowest BCUT2D eigenvalue weighted by Crippen LogP contribution is -2.38. The van der Waals surface area contributed by atoms with Crippen molar-refractivity contribution in [1.82, 2.24) is 4.31 Å². The van der Waals surface area contributed by atoms with Gasteiger partial charge >= 0.3 is 0 Å². The number of benzene rings is 2. The van der Waals surface area contributed by atoms with Crippen LogP contribution in [-0.2, 0) is 10.0 Å². The summed E-state index contributed by atoms with van der Waals surface area (Å²) in [5.74, 6) is 0. The Morgan fingerprint density at radius 2 is 1.52 bits per heavy atom. The van der Waals surface area contributed by atoms with Crippen LogP contribution in [0, 0.1) is 16.7 Å². The summed E-state index contributed by atoms with van der Waals surface area (Å²) in [6.07, 6.45) is 0.178. The maximum absolute atomic E-state index is 13.0. The topological polar surface area (TPSA) is 61.2 Å². The van der Waals surface area contributed by atoms with Gasteiger partial charge in [0.2, 0.25) is 10.0 Å². The predicted molar refractivity (Wildman–Crippen MR) is 100 cm³/mol. The van der Waals surface area contributed by atoms with E-state index in [9.17, 15) is 8.42 Å². The molecule has 0 saturated heterocycles. The molecule has 4 nitrogen and oxygen atoms in total. The maximum Gasteiger partial charge on any atom is 0.243 e. The number of nitriles is 1. The van der Waals surface area contributed by atoms with Crippen LogP contribution >= 0.6 is 0 Å². The molecule has 0 spiro atoms. The molecule has 0 fully saturated rings. The van der Waals surface area contributed by atoms with Gasteiger partial charge in [-0.2, -0.15) is 9.57 Å². The summed E-state index contributed by atoms with van der Waals surface area (Å²) in [5, 5.41) is 8.84. The minimum atomic E-state index is -3.62. The maximum atomic E-state index is 13.0. The van der Waals surface area contributed by atoms with E-state index in [1.165, 1.54) is 4.31 Å². The lowest BCUT2D eigenvalue weighted by atomic mass is 9.97. The summed E-state index contributed by atoms with van der Waals surface area (Å²) < 4.78 is 27.4. The monoisotopic (exact) mass is 356 g/mol. The molecule has 2 rings (SSSR count).